The van der Waals surface area contributed by atoms with Crippen LogP contribution in [0.1, 0.15) is 38.3 Å². The zero-order valence-corrected chi connectivity index (χ0v) is 9.69. The van der Waals surface area contributed by atoms with E-state index in [0.29, 0.717) is 11.7 Å². The summed E-state index contributed by atoms with van der Waals surface area (Å²) in [6, 6.07) is 6.69. The number of hydrogen-bond acceptors (Lipinski definition) is 3. The van der Waals surface area contributed by atoms with Crippen LogP contribution in [0.25, 0.3) is 0 Å². The fraction of sp³-hybridized carbons (Fsp3) is 0.538. The highest BCUT2D eigenvalue weighted by atomic mass is 15.2. The lowest BCUT2D eigenvalue weighted by Crippen LogP contribution is -2.39. The van der Waals surface area contributed by atoms with Crippen LogP contribution in [0, 0.1) is 11.3 Å². The summed E-state index contributed by atoms with van der Waals surface area (Å²) >= 11 is 0. The SMILES string of the molecule is CCC1CCCCN1c1cccnc1C#N. The van der Waals surface area contributed by atoms with Gasteiger partial charge in [-0.05, 0) is 37.8 Å². The van der Waals surface area contributed by atoms with Gasteiger partial charge in [0, 0.05) is 18.8 Å². The van der Waals surface area contributed by atoms with Gasteiger partial charge < -0.3 is 4.90 Å². The fourth-order valence-corrected chi connectivity index (χ4v) is 2.46. The second-order valence-electron chi connectivity index (χ2n) is 4.23. The zero-order valence-electron chi connectivity index (χ0n) is 9.69. The molecule has 0 bridgehead atoms. The Kier molecular flexibility index (Phi) is 3.40. The molecule has 1 aliphatic heterocycles. The number of aromatic nitrogens is 1. The van der Waals surface area contributed by atoms with Crippen molar-refractivity contribution in [3.63, 3.8) is 0 Å². The Morgan fingerprint density at radius 3 is 3.19 bits per heavy atom. The highest BCUT2D eigenvalue weighted by Crippen LogP contribution is 2.27. The van der Waals surface area contributed by atoms with Gasteiger partial charge in [0.15, 0.2) is 5.69 Å². The predicted molar refractivity (Wildman–Crippen MR) is 64.2 cm³/mol. The molecule has 0 radical (unpaired) electrons. The molecule has 0 N–H and O–H groups in total. The van der Waals surface area contributed by atoms with E-state index < -0.39 is 0 Å². The summed E-state index contributed by atoms with van der Waals surface area (Å²) in [7, 11) is 0. The van der Waals surface area contributed by atoms with Gasteiger partial charge in [-0.2, -0.15) is 5.26 Å². The summed E-state index contributed by atoms with van der Waals surface area (Å²) in [6.45, 7) is 3.27. The standard InChI is InChI=1S/C13H17N3/c1-2-11-6-3-4-9-16(11)13-7-5-8-15-12(13)10-14/h5,7-8,11H,2-4,6,9H2,1H3. The molecular weight excluding hydrogens is 198 g/mol. The van der Waals surface area contributed by atoms with Crippen molar-refractivity contribution in [2.75, 3.05) is 11.4 Å². The Hall–Kier alpha value is -1.56. The molecule has 0 aromatic carbocycles. The minimum atomic E-state index is 0.558. The van der Waals surface area contributed by atoms with Gasteiger partial charge in [0.25, 0.3) is 0 Å². The molecule has 1 aromatic rings. The highest BCUT2D eigenvalue weighted by Gasteiger charge is 2.23. The van der Waals surface area contributed by atoms with Gasteiger partial charge >= 0.3 is 0 Å². The summed E-state index contributed by atoms with van der Waals surface area (Å²) in [6.07, 6.45) is 6.58. The van der Waals surface area contributed by atoms with Gasteiger partial charge in [0.2, 0.25) is 0 Å². The zero-order chi connectivity index (χ0) is 11.4. The highest BCUT2D eigenvalue weighted by molar-refractivity contribution is 5.56. The number of nitriles is 1. The maximum Gasteiger partial charge on any atom is 0.163 e. The summed E-state index contributed by atoms with van der Waals surface area (Å²) in [5, 5.41) is 9.07. The first kappa shape index (κ1) is 10.9. The summed E-state index contributed by atoms with van der Waals surface area (Å²) in [5.74, 6) is 0. The van der Waals surface area contributed by atoms with Crippen molar-refractivity contribution in [3.8, 4) is 6.07 Å². The van der Waals surface area contributed by atoms with E-state index in [-0.39, 0.29) is 0 Å². The molecule has 0 amide bonds. The van der Waals surface area contributed by atoms with E-state index in [2.05, 4.69) is 22.9 Å². The van der Waals surface area contributed by atoms with E-state index in [0.717, 1.165) is 18.7 Å². The van der Waals surface area contributed by atoms with Crippen molar-refractivity contribution in [2.45, 2.75) is 38.6 Å². The molecule has 16 heavy (non-hydrogen) atoms. The fourth-order valence-electron chi connectivity index (χ4n) is 2.46. The topological polar surface area (TPSA) is 39.9 Å². The van der Waals surface area contributed by atoms with Crippen LogP contribution >= 0.6 is 0 Å². The maximum absolute atomic E-state index is 9.07. The number of anilines is 1. The lowest BCUT2D eigenvalue weighted by atomic mass is 9.99. The summed E-state index contributed by atoms with van der Waals surface area (Å²) in [5.41, 5.74) is 1.57. The minimum Gasteiger partial charge on any atom is -0.366 e. The van der Waals surface area contributed by atoms with Crippen molar-refractivity contribution >= 4 is 5.69 Å². The smallest absolute Gasteiger partial charge is 0.163 e. The molecule has 0 saturated carbocycles. The minimum absolute atomic E-state index is 0.558. The third kappa shape index (κ3) is 2.01. The van der Waals surface area contributed by atoms with Gasteiger partial charge in [-0.15, -0.1) is 0 Å². The molecule has 2 heterocycles. The van der Waals surface area contributed by atoms with Crippen LogP contribution in [0.5, 0.6) is 0 Å². The second kappa shape index (κ2) is 4.98. The molecule has 2 rings (SSSR count). The van der Waals surface area contributed by atoms with E-state index in [4.69, 9.17) is 5.26 Å². The Labute approximate surface area is 96.7 Å². The Bertz CT molecular complexity index is 394. The monoisotopic (exact) mass is 215 g/mol. The molecule has 0 aliphatic carbocycles. The quantitative estimate of drug-likeness (QED) is 0.761. The average Bonchev–Trinajstić information content (AvgIpc) is 2.38. The van der Waals surface area contributed by atoms with E-state index in [1.807, 2.05) is 12.1 Å². The summed E-state index contributed by atoms with van der Waals surface area (Å²) < 4.78 is 0. The van der Waals surface area contributed by atoms with Gasteiger partial charge in [0.1, 0.15) is 6.07 Å². The lowest BCUT2D eigenvalue weighted by molar-refractivity contribution is 0.449. The molecular formula is C13H17N3. The van der Waals surface area contributed by atoms with Gasteiger partial charge in [-0.3, -0.25) is 0 Å². The number of pyridine rings is 1. The van der Waals surface area contributed by atoms with E-state index in [1.54, 1.807) is 6.20 Å². The van der Waals surface area contributed by atoms with Crippen molar-refractivity contribution < 1.29 is 0 Å². The van der Waals surface area contributed by atoms with E-state index in [9.17, 15) is 0 Å². The first-order valence-electron chi connectivity index (χ1n) is 5.98. The van der Waals surface area contributed by atoms with Crippen molar-refractivity contribution in [3.05, 3.63) is 24.0 Å². The van der Waals surface area contributed by atoms with Crippen LogP contribution < -0.4 is 4.90 Å². The largest absolute Gasteiger partial charge is 0.366 e. The molecule has 3 heteroatoms. The molecule has 1 atom stereocenters. The van der Waals surface area contributed by atoms with Crippen LogP contribution in [0.2, 0.25) is 0 Å². The van der Waals surface area contributed by atoms with E-state index >= 15 is 0 Å². The second-order valence-corrected chi connectivity index (χ2v) is 4.23. The predicted octanol–water partition coefficient (Wildman–Crippen LogP) is 2.72. The van der Waals surface area contributed by atoms with Crippen LogP contribution in [-0.2, 0) is 0 Å². The number of hydrogen-bond donors (Lipinski definition) is 0. The molecule has 1 fully saturated rings. The van der Waals surface area contributed by atoms with Crippen molar-refractivity contribution in [1.82, 2.24) is 4.98 Å². The van der Waals surface area contributed by atoms with Crippen LogP contribution in [0.4, 0.5) is 5.69 Å². The Morgan fingerprint density at radius 2 is 2.44 bits per heavy atom. The van der Waals surface area contributed by atoms with Gasteiger partial charge in [-0.1, -0.05) is 6.92 Å². The normalized spacial score (nSPS) is 20.5. The molecule has 1 saturated heterocycles. The van der Waals surface area contributed by atoms with Gasteiger partial charge in [-0.25, -0.2) is 4.98 Å². The Balaban J connectivity index is 2.31. The number of rotatable bonds is 2. The third-order valence-electron chi connectivity index (χ3n) is 3.30. The lowest BCUT2D eigenvalue weighted by Gasteiger charge is -2.37. The van der Waals surface area contributed by atoms with E-state index in [1.165, 1.54) is 19.3 Å². The molecule has 84 valence electrons. The van der Waals surface area contributed by atoms with Crippen LogP contribution in [0.15, 0.2) is 18.3 Å². The maximum atomic E-state index is 9.07. The summed E-state index contributed by atoms with van der Waals surface area (Å²) in [4.78, 5) is 6.49. The first-order chi connectivity index (χ1) is 7.86. The number of nitrogens with zero attached hydrogens (tertiary/aromatic N) is 3. The van der Waals surface area contributed by atoms with Gasteiger partial charge in [0.05, 0.1) is 5.69 Å². The van der Waals surface area contributed by atoms with Crippen LogP contribution in [0.3, 0.4) is 0 Å². The Morgan fingerprint density at radius 1 is 1.56 bits per heavy atom. The molecule has 1 aliphatic rings. The number of piperidine rings is 1. The average molecular weight is 215 g/mol. The third-order valence-corrected chi connectivity index (χ3v) is 3.30. The molecule has 0 spiro atoms. The molecule has 1 aromatic heterocycles. The molecule has 1 unspecified atom stereocenters. The van der Waals surface area contributed by atoms with Crippen LogP contribution in [-0.4, -0.2) is 17.6 Å². The van der Waals surface area contributed by atoms with Crippen molar-refractivity contribution in [2.24, 2.45) is 0 Å². The first-order valence-corrected chi connectivity index (χ1v) is 5.98. The van der Waals surface area contributed by atoms with Crippen molar-refractivity contribution in [1.29, 1.82) is 5.26 Å². The molecule has 3 nitrogen and oxygen atoms in total.